The monoisotopic (exact) mass is 330 g/mol. The molecule has 0 amide bonds. The van der Waals surface area contributed by atoms with Crippen LogP contribution < -0.4 is 0 Å². The number of hydrogen-bond acceptors (Lipinski definition) is 4. The first-order chi connectivity index (χ1) is 9.70. The Balaban J connectivity index is 1.82. The van der Waals surface area contributed by atoms with E-state index >= 15 is 0 Å². The second-order valence-electron chi connectivity index (χ2n) is 4.37. The lowest BCUT2D eigenvalue weighted by molar-refractivity contribution is 0.423. The summed E-state index contributed by atoms with van der Waals surface area (Å²) in [5, 5.41) is 13.4. The number of phenols is 1. The first kappa shape index (κ1) is 12.9. The van der Waals surface area contributed by atoms with Crippen LogP contribution in [0.2, 0.25) is 0 Å². The van der Waals surface area contributed by atoms with Crippen molar-refractivity contribution in [3.63, 3.8) is 0 Å². The first-order valence-electron chi connectivity index (χ1n) is 6.07. The number of phenolic OH excluding ortho intramolecular Hbond substituents is 1. The van der Waals surface area contributed by atoms with Gasteiger partial charge in [0.05, 0.1) is 0 Å². The average molecular weight is 331 g/mol. The van der Waals surface area contributed by atoms with Gasteiger partial charge in [0.1, 0.15) is 5.75 Å². The zero-order valence-corrected chi connectivity index (χ0v) is 12.0. The highest BCUT2D eigenvalue weighted by Crippen LogP contribution is 2.22. The van der Waals surface area contributed by atoms with Crippen molar-refractivity contribution in [2.24, 2.45) is 0 Å². The summed E-state index contributed by atoms with van der Waals surface area (Å²) in [5.74, 6) is 1.20. The zero-order chi connectivity index (χ0) is 13.9. The van der Waals surface area contributed by atoms with Gasteiger partial charge in [-0.25, -0.2) is 0 Å². The molecule has 0 saturated carbocycles. The van der Waals surface area contributed by atoms with Gasteiger partial charge in [0.25, 0.3) is 5.89 Å². The molecule has 1 heterocycles. The molecular formula is C15H11BrN2O2. The molecule has 0 atom stereocenters. The highest BCUT2D eigenvalue weighted by molar-refractivity contribution is 9.10. The Hall–Kier alpha value is -2.14. The van der Waals surface area contributed by atoms with Crippen LogP contribution in [0.15, 0.2) is 57.5 Å². The van der Waals surface area contributed by atoms with E-state index in [9.17, 15) is 5.11 Å². The predicted octanol–water partition coefficient (Wildman–Crippen LogP) is 3.80. The lowest BCUT2D eigenvalue weighted by Crippen LogP contribution is -1.90. The highest BCUT2D eigenvalue weighted by atomic mass is 79.9. The number of rotatable bonds is 3. The van der Waals surface area contributed by atoms with Crippen LogP contribution in [-0.4, -0.2) is 15.2 Å². The second kappa shape index (κ2) is 5.46. The minimum Gasteiger partial charge on any atom is -0.508 e. The van der Waals surface area contributed by atoms with Crippen LogP contribution in [-0.2, 0) is 6.42 Å². The predicted molar refractivity (Wildman–Crippen MR) is 78.3 cm³/mol. The molecule has 1 N–H and O–H groups in total. The summed E-state index contributed by atoms with van der Waals surface area (Å²) in [4.78, 5) is 4.34. The summed E-state index contributed by atoms with van der Waals surface area (Å²) >= 11 is 3.40. The molecule has 1 aromatic heterocycles. The molecule has 4 nitrogen and oxygen atoms in total. The molecule has 20 heavy (non-hydrogen) atoms. The summed E-state index contributed by atoms with van der Waals surface area (Å²) in [6, 6.07) is 14.7. The molecule has 0 fully saturated rings. The minimum atomic E-state index is 0.176. The molecule has 0 unspecified atom stereocenters. The number of nitrogens with zero attached hydrogens (tertiary/aromatic N) is 2. The van der Waals surface area contributed by atoms with Crippen molar-refractivity contribution in [1.82, 2.24) is 10.1 Å². The standard InChI is InChI=1S/C15H11BrN2O2/c16-12-6-4-10(5-7-12)8-14-17-15(20-18-14)11-2-1-3-13(19)9-11/h1-7,9,19H,8H2. The lowest BCUT2D eigenvalue weighted by Gasteiger charge is -1.96. The Morgan fingerprint density at radius 2 is 1.90 bits per heavy atom. The van der Waals surface area contributed by atoms with E-state index in [1.165, 1.54) is 0 Å². The number of aromatic nitrogens is 2. The quantitative estimate of drug-likeness (QED) is 0.793. The third kappa shape index (κ3) is 2.88. The molecule has 5 heteroatoms. The fraction of sp³-hybridized carbons (Fsp3) is 0.0667. The van der Waals surface area contributed by atoms with Gasteiger partial charge in [0.15, 0.2) is 5.82 Å². The van der Waals surface area contributed by atoms with E-state index in [0.29, 0.717) is 23.7 Å². The van der Waals surface area contributed by atoms with E-state index in [1.54, 1.807) is 18.2 Å². The Morgan fingerprint density at radius 3 is 2.65 bits per heavy atom. The number of benzene rings is 2. The van der Waals surface area contributed by atoms with Crippen LogP contribution in [0.3, 0.4) is 0 Å². The van der Waals surface area contributed by atoms with Gasteiger partial charge in [-0.2, -0.15) is 4.98 Å². The highest BCUT2D eigenvalue weighted by Gasteiger charge is 2.09. The zero-order valence-electron chi connectivity index (χ0n) is 10.5. The van der Waals surface area contributed by atoms with Crippen LogP contribution in [0.5, 0.6) is 5.75 Å². The fourth-order valence-electron chi connectivity index (χ4n) is 1.87. The van der Waals surface area contributed by atoms with Gasteiger partial charge in [-0.1, -0.05) is 39.3 Å². The first-order valence-corrected chi connectivity index (χ1v) is 6.86. The van der Waals surface area contributed by atoms with Crippen molar-refractivity contribution in [3.05, 3.63) is 64.4 Å². The van der Waals surface area contributed by atoms with Crippen molar-refractivity contribution in [1.29, 1.82) is 0 Å². The van der Waals surface area contributed by atoms with Crippen molar-refractivity contribution in [2.75, 3.05) is 0 Å². The van der Waals surface area contributed by atoms with Crippen LogP contribution in [0.1, 0.15) is 11.4 Å². The maximum absolute atomic E-state index is 9.45. The van der Waals surface area contributed by atoms with E-state index in [2.05, 4.69) is 26.1 Å². The van der Waals surface area contributed by atoms with Gasteiger partial charge in [0.2, 0.25) is 0 Å². The van der Waals surface area contributed by atoms with Crippen molar-refractivity contribution in [3.8, 4) is 17.2 Å². The molecule has 0 aliphatic heterocycles. The van der Waals surface area contributed by atoms with Gasteiger partial charge in [-0.3, -0.25) is 0 Å². The van der Waals surface area contributed by atoms with Gasteiger partial charge in [0, 0.05) is 16.5 Å². The average Bonchev–Trinajstić information content (AvgIpc) is 2.90. The largest absolute Gasteiger partial charge is 0.508 e. The van der Waals surface area contributed by atoms with Crippen molar-refractivity contribution < 1.29 is 9.63 Å². The smallest absolute Gasteiger partial charge is 0.258 e. The molecular weight excluding hydrogens is 320 g/mol. The van der Waals surface area contributed by atoms with Gasteiger partial charge in [-0.05, 0) is 35.9 Å². The number of aromatic hydroxyl groups is 1. The topological polar surface area (TPSA) is 59.2 Å². The Bertz CT molecular complexity index is 723. The van der Waals surface area contributed by atoms with Crippen LogP contribution in [0, 0.1) is 0 Å². The third-order valence-electron chi connectivity index (χ3n) is 2.84. The van der Waals surface area contributed by atoms with Gasteiger partial charge < -0.3 is 9.63 Å². The van der Waals surface area contributed by atoms with E-state index < -0.39 is 0 Å². The van der Waals surface area contributed by atoms with E-state index in [4.69, 9.17) is 4.52 Å². The molecule has 3 aromatic rings. The fourth-order valence-corrected chi connectivity index (χ4v) is 2.13. The summed E-state index contributed by atoms with van der Waals surface area (Å²) < 4.78 is 6.26. The van der Waals surface area contributed by atoms with Gasteiger partial charge >= 0.3 is 0 Å². The van der Waals surface area contributed by atoms with E-state index in [-0.39, 0.29) is 5.75 Å². The SMILES string of the molecule is Oc1cccc(-c2nc(Cc3ccc(Br)cc3)no2)c1. The number of hydrogen-bond donors (Lipinski definition) is 1. The third-order valence-corrected chi connectivity index (χ3v) is 3.37. The molecule has 0 aliphatic carbocycles. The van der Waals surface area contributed by atoms with Crippen LogP contribution >= 0.6 is 15.9 Å². The lowest BCUT2D eigenvalue weighted by atomic mass is 10.1. The van der Waals surface area contributed by atoms with Gasteiger partial charge in [-0.15, -0.1) is 0 Å². The summed E-state index contributed by atoms with van der Waals surface area (Å²) in [7, 11) is 0. The second-order valence-corrected chi connectivity index (χ2v) is 5.29. The summed E-state index contributed by atoms with van der Waals surface area (Å²) in [5.41, 5.74) is 1.82. The summed E-state index contributed by atoms with van der Waals surface area (Å²) in [6.45, 7) is 0. The molecule has 2 aromatic carbocycles. The van der Waals surface area contributed by atoms with Crippen molar-refractivity contribution in [2.45, 2.75) is 6.42 Å². The maximum atomic E-state index is 9.45. The molecule has 100 valence electrons. The Kier molecular flexibility index (Phi) is 3.52. The van der Waals surface area contributed by atoms with E-state index in [1.807, 2.05) is 30.3 Å². The summed E-state index contributed by atoms with van der Waals surface area (Å²) in [6.07, 6.45) is 0.607. The maximum Gasteiger partial charge on any atom is 0.258 e. The van der Waals surface area contributed by atoms with E-state index in [0.717, 1.165) is 10.0 Å². The normalized spacial score (nSPS) is 10.7. The molecule has 0 radical (unpaired) electrons. The van der Waals surface area contributed by atoms with Crippen LogP contribution in [0.25, 0.3) is 11.5 Å². The van der Waals surface area contributed by atoms with Crippen molar-refractivity contribution >= 4 is 15.9 Å². The molecule has 3 rings (SSSR count). The Labute approximate surface area is 124 Å². The molecule has 0 bridgehead atoms. The minimum absolute atomic E-state index is 0.176. The number of halogens is 1. The Morgan fingerprint density at radius 1 is 1.10 bits per heavy atom. The molecule has 0 spiro atoms. The molecule has 0 saturated heterocycles. The molecule has 0 aliphatic rings. The van der Waals surface area contributed by atoms with Crippen LogP contribution in [0.4, 0.5) is 0 Å².